The molecule has 0 unspecified atom stereocenters. The number of hydrogen-bond donors (Lipinski definition) is 3. The van der Waals surface area contributed by atoms with Crippen LogP contribution in [-0.4, -0.2) is 32.2 Å². The molecule has 0 saturated carbocycles. The first-order valence-corrected chi connectivity index (χ1v) is 10.7. The highest BCUT2D eigenvalue weighted by atomic mass is 19.1. The molecule has 1 aliphatic rings. The van der Waals surface area contributed by atoms with E-state index in [9.17, 15) is 19.1 Å². The molecule has 0 atom stereocenters. The van der Waals surface area contributed by atoms with E-state index in [1.807, 2.05) is 6.08 Å². The molecule has 1 aromatic heterocycles. The van der Waals surface area contributed by atoms with Crippen LogP contribution in [0, 0.1) is 6.92 Å². The first-order valence-electron chi connectivity index (χ1n) is 10.7. The van der Waals surface area contributed by atoms with Crippen LogP contribution in [0.2, 0.25) is 0 Å². The summed E-state index contributed by atoms with van der Waals surface area (Å²) in [7, 11) is 0. The second-order valence-corrected chi connectivity index (χ2v) is 8.01. The van der Waals surface area contributed by atoms with Crippen LogP contribution in [0.3, 0.4) is 0 Å². The molecular formula is C24H28FN3O4. The maximum Gasteiger partial charge on any atom is 0.303 e. The van der Waals surface area contributed by atoms with Crippen LogP contribution >= 0.6 is 0 Å². The van der Waals surface area contributed by atoms with Gasteiger partial charge >= 0.3 is 5.97 Å². The number of carboxylic acid groups (broad SMARTS) is 1. The molecule has 0 saturated heterocycles. The summed E-state index contributed by atoms with van der Waals surface area (Å²) in [5.41, 5.74) is 3.08. The predicted molar refractivity (Wildman–Crippen MR) is 121 cm³/mol. The zero-order valence-corrected chi connectivity index (χ0v) is 18.3. The van der Waals surface area contributed by atoms with Crippen molar-refractivity contribution in [3.8, 4) is 5.75 Å². The van der Waals surface area contributed by atoms with Gasteiger partial charge in [-0.2, -0.15) is 0 Å². The Morgan fingerprint density at radius 2 is 2.09 bits per heavy atom. The number of phenolic OH excluding ortho intramolecular Hbond substituents is 1. The van der Waals surface area contributed by atoms with E-state index in [1.165, 1.54) is 10.9 Å². The number of aromatic amines is 1. The number of H-pyrrole nitrogens is 1. The van der Waals surface area contributed by atoms with Gasteiger partial charge in [0.2, 0.25) is 0 Å². The van der Waals surface area contributed by atoms with Gasteiger partial charge < -0.3 is 10.2 Å². The number of carboxylic acids is 1. The summed E-state index contributed by atoms with van der Waals surface area (Å²) in [6.07, 6.45) is 6.15. The third-order valence-corrected chi connectivity index (χ3v) is 5.62. The topological polar surface area (TPSA) is 108 Å². The van der Waals surface area contributed by atoms with E-state index < -0.39 is 5.97 Å². The smallest absolute Gasteiger partial charge is 0.303 e. The number of carbonyl (C=O) groups is 1. The number of aliphatic imine (C=N–C) groups is 1. The molecule has 7 nitrogen and oxygen atoms in total. The predicted octanol–water partition coefficient (Wildman–Crippen LogP) is 4.70. The normalized spacial score (nSPS) is 14.3. The number of aromatic hydroxyl groups is 1. The second-order valence-electron chi connectivity index (χ2n) is 8.01. The number of nitrogens with zero attached hydrogens (tertiary/aromatic N) is 2. The van der Waals surface area contributed by atoms with Crippen molar-refractivity contribution in [2.75, 3.05) is 0 Å². The molecule has 0 spiro atoms. The van der Waals surface area contributed by atoms with Crippen molar-refractivity contribution in [2.24, 2.45) is 4.99 Å². The van der Waals surface area contributed by atoms with E-state index in [2.05, 4.69) is 10.1 Å². The Bertz CT molecular complexity index is 1150. The Balaban J connectivity index is 1.73. The van der Waals surface area contributed by atoms with Crippen LogP contribution in [-0.2, 0) is 17.8 Å². The number of allylic oxidation sites excluding steroid dienone is 4. The lowest BCUT2D eigenvalue weighted by atomic mass is 9.94. The van der Waals surface area contributed by atoms with Gasteiger partial charge in [0.25, 0.3) is 5.56 Å². The van der Waals surface area contributed by atoms with Crippen LogP contribution in [0.1, 0.15) is 55.8 Å². The van der Waals surface area contributed by atoms with Crippen LogP contribution < -0.4 is 5.56 Å². The molecule has 3 N–H and O–H groups in total. The fourth-order valence-corrected chi connectivity index (χ4v) is 3.75. The van der Waals surface area contributed by atoms with E-state index in [0.717, 1.165) is 18.4 Å². The van der Waals surface area contributed by atoms with E-state index in [4.69, 9.17) is 5.11 Å². The second kappa shape index (κ2) is 10.3. The molecule has 0 aliphatic heterocycles. The average Bonchev–Trinajstić information content (AvgIpc) is 3.01. The molecule has 170 valence electrons. The monoisotopic (exact) mass is 441 g/mol. The van der Waals surface area contributed by atoms with Gasteiger partial charge in [-0.3, -0.25) is 24.4 Å². The zero-order chi connectivity index (χ0) is 23.3. The van der Waals surface area contributed by atoms with Crippen LogP contribution in [0.5, 0.6) is 5.75 Å². The summed E-state index contributed by atoms with van der Waals surface area (Å²) in [4.78, 5) is 27.5. The summed E-state index contributed by atoms with van der Waals surface area (Å²) in [5.74, 6) is -1.05. The first kappa shape index (κ1) is 23.2. The van der Waals surface area contributed by atoms with Crippen molar-refractivity contribution >= 4 is 17.9 Å². The molecule has 0 amide bonds. The van der Waals surface area contributed by atoms with E-state index in [0.29, 0.717) is 47.3 Å². The number of benzene rings is 1. The molecule has 1 aromatic carbocycles. The Labute approximate surface area is 185 Å². The molecular weight excluding hydrogens is 413 g/mol. The summed E-state index contributed by atoms with van der Waals surface area (Å²) >= 11 is 0. The number of hydrogen-bond acceptors (Lipinski definition) is 4. The SMILES string of the molecule is CC1=C(F)C(CCc2cccc(N=Cc3c(C)[nH]n(CCCC(=O)O)c3=O)c2O)=CCC1. The Morgan fingerprint density at radius 1 is 1.31 bits per heavy atom. The minimum atomic E-state index is -0.910. The van der Waals surface area contributed by atoms with Crippen LogP contribution in [0.4, 0.5) is 10.1 Å². The van der Waals surface area contributed by atoms with Gasteiger partial charge in [0, 0.05) is 24.9 Å². The summed E-state index contributed by atoms with van der Waals surface area (Å²) in [6.45, 7) is 3.80. The molecule has 0 fully saturated rings. The van der Waals surface area contributed by atoms with Gasteiger partial charge in [-0.15, -0.1) is 0 Å². The number of rotatable bonds is 9. The van der Waals surface area contributed by atoms with Crippen molar-refractivity contribution in [2.45, 2.75) is 58.9 Å². The van der Waals surface area contributed by atoms with Gasteiger partial charge in [-0.05, 0) is 68.7 Å². The van der Waals surface area contributed by atoms with Crippen molar-refractivity contribution in [1.29, 1.82) is 0 Å². The average molecular weight is 442 g/mol. The zero-order valence-electron chi connectivity index (χ0n) is 18.3. The fraction of sp³-hybridized carbons (Fsp3) is 0.375. The van der Waals surface area contributed by atoms with Gasteiger partial charge in [-0.25, -0.2) is 4.39 Å². The van der Waals surface area contributed by atoms with E-state index in [-0.39, 0.29) is 30.1 Å². The summed E-state index contributed by atoms with van der Waals surface area (Å²) in [6, 6.07) is 5.19. The summed E-state index contributed by atoms with van der Waals surface area (Å²) in [5, 5.41) is 22.3. The van der Waals surface area contributed by atoms with Crippen LogP contribution in [0.15, 0.2) is 51.0 Å². The van der Waals surface area contributed by atoms with Gasteiger partial charge in [-0.1, -0.05) is 18.2 Å². The molecule has 3 rings (SSSR count). The number of halogens is 1. The minimum Gasteiger partial charge on any atom is -0.505 e. The Morgan fingerprint density at radius 3 is 2.84 bits per heavy atom. The Hall–Kier alpha value is -3.42. The minimum absolute atomic E-state index is 0.0104. The van der Waals surface area contributed by atoms with Crippen molar-refractivity contribution in [3.05, 3.63) is 68.4 Å². The van der Waals surface area contributed by atoms with E-state index in [1.54, 1.807) is 32.0 Å². The molecule has 0 radical (unpaired) electrons. The number of aromatic nitrogens is 2. The highest BCUT2D eigenvalue weighted by Crippen LogP contribution is 2.34. The van der Waals surface area contributed by atoms with Crippen molar-refractivity contribution < 1.29 is 19.4 Å². The van der Waals surface area contributed by atoms with Gasteiger partial charge in [0.15, 0.2) is 0 Å². The third kappa shape index (κ3) is 5.43. The number of aryl methyl sites for hydroxylation is 3. The highest BCUT2D eigenvalue weighted by Gasteiger charge is 2.15. The quantitative estimate of drug-likeness (QED) is 0.490. The molecule has 1 aliphatic carbocycles. The largest absolute Gasteiger partial charge is 0.505 e. The molecule has 0 bridgehead atoms. The number of phenols is 1. The summed E-state index contributed by atoms with van der Waals surface area (Å²) < 4.78 is 15.6. The molecule has 32 heavy (non-hydrogen) atoms. The maximum atomic E-state index is 14.3. The lowest BCUT2D eigenvalue weighted by molar-refractivity contribution is -0.137. The molecule has 2 aromatic rings. The maximum absolute atomic E-state index is 14.3. The number of nitrogens with one attached hydrogen (secondary N) is 1. The van der Waals surface area contributed by atoms with Crippen molar-refractivity contribution in [3.63, 3.8) is 0 Å². The molecule has 8 heteroatoms. The number of para-hydroxylation sites is 1. The van der Waals surface area contributed by atoms with Crippen molar-refractivity contribution in [1.82, 2.24) is 9.78 Å². The van der Waals surface area contributed by atoms with E-state index >= 15 is 0 Å². The standard InChI is InChI=1S/C24H28FN3O4/c1-15-6-3-7-17(22(15)25)11-12-18-8-4-9-20(23(18)31)26-14-19-16(2)27-28(24(19)32)13-5-10-21(29)30/h4,7-9,14,27,31H,3,5-6,10-13H2,1-2H3,(H,29,30). The van der Waals surface area contributed by atoms with Crippen LogP contribution in [0.25, 0.3) is 0 Å². The lowest BCUT2D eigenvalue weighted by Crippen LogP contribution is -2.19. The number of aliphatic carboxylic acids is 1. The van der Waals surface area contributed by atoms with Gasteiger partial charge in [0.05, 0.1) is 5.56 Å². The first-order chi connectivity index (χ1) is 15.3. The Kier molecular flexibility index (Phi) is 7.45. The highest BCUT2D eigenvalue weighted by molar-refractivity contribution is 5.83. The molecule has 1 heterocycles. The fourth-order valence-electron chi connectivity index (χ4n) is 3.75. The third-order valence-electron chi connectivity index (χ3n) is 5.62. The lowest BCUT2D eigenvalue weighted by Gasteiger charge is -2.14. The van der Waals surface area contributed by atoms with Gasteiger partial charge in [0.1, 0.15) is 17.3 Å².